The van der Waals surface area contributed by atoms with Crippen LogP contribution in [0.15, 0.2) is 148 Å². The maximum atomic E-state index is 6.53. The maximum absolute atomic E-state index is 6.53. The van der Waals surface area contributed by atoms with Gasteiger partial charge in [-0.1, -0.05) is 120 Å². The van der Waals surface area contributed by atoms with E-state index in [0.717, 1.165) is 77.5 Å². The zero-order valence-electron chi connectivity index (χ0n) is 35.5. The number of aromatic nitrogens is 1. The molecule has 297 valence electrons. The van der Waals surface area contributed by atoms with E-state index in [9.17, 15) is 0 Å². The van der Waals surface area contributed by atoms with E-state index in [1.807, 2.05) is 17.4 Å². The Kier molecular flexibility index (Phi) is 7.21. The van der Waals surface area contributed by atoms with Crippen LogP contribution in [0.1, 0.15) is 52.7 Å². The van der Waals surface area contributed by atoms with Gasteiger partial charge in [-0.05, 0) is 99.7 Å². The SMILES string of the molecule is CC(C)(C)c1ccc(Nc2cc3sc4cc(C(C)(C)C)ccc4c3cc2-c2ccc3c4c5c(ccc4n4c3c2[B]c2cc3oc6ccccc6c3cc2-4)oc2ccccc25)cc1. The maximum Gasteiger partial charge on any atom is 0.198 e. The first-order chi connectivity index (χ1) is 30.0. The standard InChI is InChI=1S/C56H42BN2O2S/c1-55(2,3)30-15-18-32(19-16-30)58-42-29-50-40(34-20-17-31(56(4,5)6)25-49(34)62-50)26-38(42)35-21-22-37-51-43(23-24-47-52(51)36-12-8-10-14-46(36)60-47)59-44-27-39-33-11-7-9-13-45(33)61-48(39)28-41(44)57-53(35)54(37)59/h7-29,58H,1-6H3. The summed E-state index contributed by atoms with van der Waals surface area (Å²) in [5.41, 5.74) is 16.7. The number of thiophene rings is 1. The van der Waals surface area contributed by atoms with Crippen molar-refractivity contribution in [2.75, 3.05) is 5.32 Å². The topological polar surface area (TPSA) is 43.2 Å². The first-order valence-electron chi connectivity index (χ1n) is 21.6. The summed E-state index contributed by atoms with van der Waals surface area (Å²) in [6, 6.07) is 51.3. The van der Waals surface area contributed by atoms with Gasteiger partial charge in [-0.15, -0.1) is 11.3 Å². The molecule has 1 aliphatic rings. The highest BCUT2D eigenvalue weighted by molar-refractivity contribution is 7.25. The van der Waals surface area contributed by atoms with Crippen molar-refractivity contribution in [2.45, 2.75) is 52.4 Å². The number of furan rings is 2. The van der Waals surface area contributed by atoms with Crippen molar-refractivity contribution in [1.82, 2.24) is 4.57 Å². The van der Waals surface area contributed by atoms with E-state index < -0.39 is 0 Å². The van der Waals surface area contributed by atoms with Crippen LogP contribution in [0.25, 0.3) is 103 Å². The molecule has 0 amide bonds. The van der Waals surface area contributed by atoms with E-state index >= 15 is 0 Å². The van der Waals surface area contributed by atoms with Crippen LogP contribution in [0.4, 0.5) is 11.4 Å². The van der Waals surface area contributed by atoms with Gasteiger partial charge < -0.3 is 18.7 Å². The third kappa shape index (κ3) is 5.13. The zero-order chi connectivity index (χ0) is 41.8. The van der Waals surface area contributed by atoms with Gasteiger partial charge in [0.05, 0.1) is 5.52 Å². The lowest BCUT2D eigenvalue weighted by molar-refractivity contribution is 0.590. The first kappa shape index (κ1) is 35.9. The molecule has 8 aromatic carbocycles. The molecule has 0 atom stereocenters. The van der Waals surface area contributed by atoms with Crippen LogP contribution in [-0.2, 0) is 10.8 Å². The van der Waals surface area contributed by atoms with E-state index in [-0.39, 0.29) is 10.8 Å². The van der Waals surface area contributed by atoms with Gasteiger partial charge in [-0.25, -0.2) is 0 Å². The molecule has 5 heterocycles. The Morgan fingerprint density at radius 3 is 2.00 bits per heavy atom. The normalized spacial score (nSPS) is 13.1. The third-order valence-electron chi connectivity index (χ3n) is 13.3. The second kappa shape index (κ2) is 12.4. The van der Waals surface area contributed by atoms with Crippen LogP contribution in [0.2, 0.25) is 0 Å². The molecule has 1 radical (unpaired) electrons. The Morgan fingerprint density at radius 1 is 0.516 bits per heavy atom. The molecule has 6 heteroatoms. The van der Waals surface area contributed by atoms with E-state index in [1.165, 1.54) is 58.6 Å². The third-order valence-corrected chi connectivity index (χ3v) is 14.5. The highest BCUT2D eigenvalue weighted by Crippen LogP contribution is 2.46. The number of anilines is 2. The average Bonchev–Trinajstić information content (AvgIpc) is 4.01. The van der Waals surface area contributed by atoms with Gasteiger partial charge in [0.15, 0.2) is 7.28 Å². The average molecular weight is 818 g/mol. The number of fused-ring (bicyclic) bond motifs is 15. The second-order valence-corrected chi connectivity index (χ2v) is 20.3. The predicted octanol–water partition coefficient (Wildman–Crippen LogP) is 14.9. The van der Waals surface area contributed by atoms with Gasteiger partial charge in [0, 0.05) is 80.6 Å². The van der Waals surface area contributed by atoms with Gasteiger partial charge in [0.2, 0.25) is 0 Å². The fraction of sp³-hybridized carbons (Fsp3) is 0.143. The summed E-state index contributed by atoms with van der Waals surface area (Å²) < 4.78 is 18.1. The molecule has 0 unspecified atom stereocenters. The molecule has 12 aromatic rings. The summed E-state index contributed by atoms with van der Waals surface area (Å²) in [6.07, 6.45) is 0. The molecule has 0 bridgehead atoms. The number of para-hydroxylation sites is 2. The van der Waals surface area contributed by atoms with Gasteiger partial charge in [0.1, 0.15) is 22.3 Å². The van der Waals surface area contributed by atoms with Crippen LogP contribution in [0.3, 0.4) is 0 Å². The fourth-order valence-electron chi connectivity index (χ4n) is 10.1. The van der Waals surface area contributed by atoms with Crippen molar-refractivity contribution in [3.8, 4) is 16.8 Å². The highest BCUT2D eigenvalue weighted by atomic mass is 32.1. The lowest BCUT2D eigenvalue weighted by atomic mass is 9.59. The van der Waals surface area contributed by atoms with Gasteiger partial charge in [-0.2, -0.15) is 0 Å². The quantitative estimate of drug-likeness (QED) is 0.181. The van der Waals surface area contributed by atoms with Crippen molar-refractivity contribution < 1.29 is 8.83 Å². The molecule has 13 rings (SSSR count). The van der Waals surface area contributed by atoms with E-state index in [2.05, 4.69) is 192 Å². The summed E-state index contributed by atoms with van der Waals surface area (Å²) in [6.45, 7) is 13.7. The minimum absolute atomic E-state index is 0.0619. The Labute approximate surface area is 363 Å². The summed E-state index contributed by atoms with van der Waals surface area (Å²) in [5, 5.41) is 13.4. The fourth-order valence-corrected chi connectivity index (χ4v) is 11.3. The molecule has 1 aliphatic heterocycles. The predicted molar refractivity (Wildman–Crippen MR) is 266 cm³/mol. The second-order valence-electron chi connectivity index (χ2n) is 19.2. The Hall–Kier alpha value is -6.76. The molecule has 0 saturated heterocycles. The summed E-state index contributed by atoms with van der Waals surface area (Å²) in [5.74, 6) is 0. The lowest BCUT2D eigenvalue weighted by Crippen LogP contribution is -2.37. The minimum atomic E-state index is 0.0619. The number of nitrogens with one attached hydrogen (secondary N) is 1. The smallest absolute Gasteiger partial charge is 0.198 e. The van der Waals surface area contributed by atoms with Crippen molar-refractivity contribution in [2.24, 2.45) is 0 Å². The van der Waals surface area contributed by atoms with Crippen molar-refractivity contribution in [3.63, 3.8) is 0 Å². The van der Waals surface area contributed by atoms with E-state index in [0.29, 0.717) is 0 Å². The molecule has 62 heavy (non-hydrogen) atoms. The first-order valence-corrected chi connectivity index (χ1v) is 22.4. The van der Waals surface area contributed by atoms with E-state index in [4.69, 9.17) is 8.83 Å². The molecule has 0 aliphatic carbocycles. The Bertz CT molecular complexity index is 3880. The van der Waals surface area contributed by atoms with Crippen molar-refractivity contribution in [3.05, 3.63) is 151 Å². The van der Waals surface area contributed by atoms with Crippen LogP contribution in [0, 0.1) is 0 Å². The largest absolute Gasteiger partial charge is 0.456 e. The van der Waals surface area contributed by atoms with Crippen LogP contribution in [-0.4, -0.2) is 11.8 Å². The van der Waals surface area contributed by atoms with Gasteiger partial charge >= 0.3 is 0 Å². The number of hydrogen-bond donors (Lipinski definition) is 1. The highest BCUT2D eigenvalue weighted by Gasteiger charge is 2.30. The van der Waals surface area contributed by atoms with Crippen LogP contribution < -0.4 is 16.2 Å². The van der Waals surface area contributed by atoms with E-state index in [1.54, 1.807) is 0 Å². The minimum Gasteiger partial charge on any atom is -0.456 e. The number of benzene rings is 8. The monoisotopic (exact) mass is 817 g/mol. The van der Waals surface area contributed by atoms with Gasteiger partial charge in [-0.3, -0.25) is 0 Å². The summed E-state index contributed by atoms with van der Waals surface area (Å²) in [7, 11) is 2.40. The summed E-state index contributed by atoms with van der Waals surface area (Å²) in [4.78, 5) is 0. The van der Waals surface area contributed by atoms with Crippen molar-refractivity contribution >= 4 is 127 Å². The molecule has 0 spiro atoms. The Balaban J connectivity index is 1.12. The lowest BCUT2D eigenvalue weighted by Gasteiger charge is -2.24. The van der Waals surface area contributed by atoms with Crippen molar-refractivity contribution in [1.29, 1.82) is 0 Å². The summed E-state index contributed by atoms with van der Waals surface area (Å²) >= 11 is 1.88. The zero-order valence-corrected chi connectivity index (χ0v) is 36.3. The molecule has 0 saturated carbocycles. The number of hydrogen-bond acceptors (Lipinski definition) is 4. The van der Waals surface area contributed by atoms with Gasteiger partial charge in [0.25, 0.3) is 0 Å². The molecule has 0 fully saturated rings. The number of nitrogens with zero attached hydrogens (tertiary/aromatic N) is 1. The Morgan fingerprint density at radius 2 is 1.21 bits per heavy atom. The molecular formula is C56H42BN2O2S. The molecule has 4 nitrogen and oxygen atoms in total. The molecular weight excluding hydrogens is 776 g/mol. The van der Waals surface area contributed by atoms with Crippen LogP contribution >= 0.6 is 11.3 Å². The molecule has 4 aromatic heterocycles. The number of rotatable bonds is 3. The van der Waals surface area contributed by atoms with Crippen LogP contribution in [0.5, 0.6) is 0 Å². The molecule has 1 N–H and O–H groups in total.